The molecule has 0 fully saturated rings. The third-order valence-electron chi connectivity index (χ3n) is 5.04. The average molecular weight is 358 g/mol. The number of fused-ring (bicyclic) bond motifs is 3. The summed E-state index contributed by atoms with van der Waals surface area (Å²) in [6, 6.07) is 5.61. The molecule has 2 atom stereocenters. The number of hydrogen-bond acceptors (Lipinski definition) is 5. The molecule has 2 aliphatic rings. The quantitative estimate of drug-likeness (QED) is 0.877. The highest BCUT2D eigenvalue weighted by Gasteiger charge is 2.34. The minimum Gasteiger partial charge on any atom is -0.497 e. The van der Waals surface area contributed by atoms with Crippen molar-refractivity contribution < 1.29 is 14.3 Å². The van der Waals surface area contributed by atoms with Crippen LogP contribution in [-0.4, -0.2) is 20.1 Å². The molecule has 0 bridgehead atoms. The van der Waals surface area contributed by atoms with E-state index in [2.05, 4.69) is 17.6 Å². The van der Waals surface area contributed by atoms with Gasteiger partial charge in [0.25, 0.3) is 5.91 Å². The predicted octanol–water partition coefficient (Wildman–Crippen LogP) is 3.74. The Morgan fingerprint density at radius 1 is 1.20 bits per heavy atom. The van der Waals surface area contributed by atoms with E-state index in [1.807, 2.05) is 18.2 Å². The highest BCUT2D eigenvalue weighted by molar-refractivity contribution is 7.16. The summed E-state index contributed by atoms with van der Waals surface area (Å²) in [5.74, 6) is 2.13. The fourth-order valence-electron chi connectivity index (χ4n) is 3.68. The normalized spacial score (nSPS) is 21.6. The second-order valence-electron chi connectivity index (χ2n) is 6.71. The molecule has 0 unspecified atom stereocenters. The highest BCUT2D eigenvalue weighted by Crippen LogP contribution is 2.43. The first-order chi connectivity index (χ1) is 12.1. The van der Waals surface area contributed by atoms with Crippen LogP contribution in [0.15, 0.2) is 18.2 Å². The molecule has 5 nitrogen and oxygen atoms in total. The molecule has 4 rings (SSSR count). The van der Waals surface area contributed by atoms with E-state index < -0.39 is 0 Å². The van der Waals surface area contributed by atoms with Gasteiger partial charge < -0.3 is 20.1 Å². The number of anilines is 1. The topological polar surface area (TPSA) is 59.6 Å². The van der Waals surface area contributed by atoms with Gasteiger partial charge in [0, 0.05) is 10.4 Å². The zero-order valence-corrected chi connectivity index (χ0v) is 15.5. The zero-order chi connectivity index (χ0) is 17.6. The molecular weight excluding hydrogens is 336 g/mol. The Balaban J connectivity index is 1.72. The van der Waals surface area contributed by atoms with Crippen LogP contribution in [0, 0.1) is 5.92 Å². The molecule has 1 aliphatic heterocycles. The third kappa shape index (κ3) is 2.74. The minimum absolute atomic E-state index is 0.00400. The number of ether oxygens (including phenoxy) is 2. The summed E-state index contributed by atoms with van der Waals surface area (Å²) in [6.07, 6.45) is 2.87. The lowest BCUT2D eigenvalue weighted by Gasteiger charge is -2.28. The predicted molar refractivity (Wildman–Crippen MR) is 98.9 cm³/mol. The van der Waals surface area contributed by atoms with Crippen LogP contribution in [0.2, 0.25) is 0 Å². The monoisotopic (exact) mass is 358 g/mol. The van der Waals surface area contributed by atoms with Crippen LogP contribution in [0.3, 0.4) is 0 Å². The number of thiophene rings is 1. The molecule has 25 heavy (non-hydrogen) atoms. The molecule has 1 amide bonds. The van der Waals surface area contributed by atoms with E-state index in [-0.39, 0.29) is 12.1 Å². The number of hydrogen-bond donors (Lipinski definition) is 2. The number of carbonyl (C=O) groups excluding carboxylic acids is 1. The highest BCUT2D eigenvalue weighted by atomic mass is 32.1. The van der Waals surface area contributed by atoms with Crippen molar-refractivity contribution in [1.82, 2.24) is 5.32 Å². The summed E-state index contributed by atoms with van der Waals surface area (Å²) in [6.45, 7) is 2.28. The molecule has 2 heterocycles. The summed E-state index contributed by atoms with van der Waals surface area (Å²) >= 11 is 1.72. The molecular formula is C19H22N2O3S. The van der Waals surface area contributed by atoms with Crippen LogP contribution in [0.1, 0.15) is 45.9 Å². The Hall–Kier alpha value is -2.21. The summed E-state index contributed by atoms with van der Waals surface area (Å²) < 4.78 is 10.8. The Labute approximate surface area is 151 Å². The molecule has 0 saturated carbocycles. The van der Waals surface area contributed by atoms with Gasteiger partial charge >= 0.3 is 0 Å². The smallest absolute Gasteiger partial charge is 0.256 e. The first-order valence-electron chi connectivity index (χ1n) is 8.54. The Kier molecular flexibility index (Phi) is 4.07. The molecule has 2 N–H and O–H groups in total. The molecule has 0 radical (unpaired) electrons. The van der Waals surface area contributed by atoms with Crippen LogP contribution in [-0.2, 0) is 12.8 Å². The van der Waals surface area contributed by atoms with Gasteiger partial charge in [-0.25, -0.2) is 0 Å². The SMILES string of the molecule is COc1ccc(OC)c([C@H]2NC(=O)c3c(sc4c3CC[C@H](C)C4)N2)c1. The van der Waals surface area contributed by atoms with Gasteiger partial charge in [-0.1, -0.05) is 6.92 Å². The van der Waals surface area contributed by atoms with Crippen molar-refractivity contribution in [2.24, 2.45) is 5.92 Å². The first kappa shape index (κ1) is 16.3. The molecule has 1 aromatic carbocycles. The maximum atomic E-state index is 12.8. The lowest BCUT2D eigenvalue weighted by molar-refractivity contribution is 0.0934. The van der Waals surface area contributed by atoms with Crippen molar-refractivity contribution in [3.05, 3.63) is 39.8 Å². The second-order valence-corrected chi connectivity index (χ2v) is 7.82. The maximum absolute atomic E-state index is 12.8. The molecule has 0 spiro atoms. The summed E-state index contributed by atoms with van der Waals surface area (Å²) in [5, 5.41) is 7.55. The van der Waals surface area contributed by atoms with Crippen LogP contribution < -0.4 is 20.1 Å². The Morgan fingerprint density at radius 2 is 2.04 bits per heavy atom. The van der Waals surface area contributed by atoms with Gasteiger partial charge in [0.1, 0.15) is 22.7 Å². The van der Waals surface area contributed by atoms with Crippen molar-refractivity contribution >= 4 is 22.2 Å². The van der Waals surface area contributed by atoms with Crippen LogP contribution >= 0.6 is 11.3 Å². The van der Waals surface area contributed by atoms with Gasteiger partial charge in [0.15, 0.2) is 0 Å². The summed E-state index contributed by atoms with van der Waals surface area (Å²) in [4.78, 5) is 14.2. The Morgan fingerprint density at radius 3 is 2.80 bits per heavy atom. The number of carbonyl (C=O) groups is 1. The summed E-state index contributed by atoms with van der Waals surface area (Å²) in [5.41, 5.74) is 2.93. The lowest BCUT2D eigenvalue weighted by atomic mass is 9.88. The van der Waals surface area contributed by atoms with E-state index in [9.17, 15) is 4.79 Å². The van der Waals surface area contributed by atoms with E-state index in [0.717, 1.165) is 46.9 Å². The minimum atomic E-state index is -0.331. The van der Waals surface area contributed by atoms with Gasteiger partial charge in [-0.3, -0.25) is 4.79 Å². The molecule has 2 aromatic rings. The average Bonchev–Trinajstić information content (AvgIpc) is 2.98. The fraction of sp³-hybridized carbons (Fsp3) is 0.421. The van der Waals surface area contributed by atoms with Crippen LogP contribution in [0.5, 0.6) is 11.5 Å². The van der Waals surface area contributed by atoms with E-state index in [0.29, 0.717) is 5.92 Å². The number of methoxy groups -OCH3 is 2. The van der Waals surface area contributed by atoms with Crippen molar-refractivity contribution in [3.63, 3.8) is 0 Å². The van der Waals surface area contributed by atoms with Gasteiger partial charge in [-0.15, -0.1) is 11.3 Å². The number of nitrogens with one attached hydrogen (secondary N) is 2. The Bertz CT molecular complexity index is 830. The van der Waals surface area contributed by atoms with Crippen molar-refractivity contribution in [1.29, 1.82) is 0 Å². The molecule has 6 heteroatoms. The van der Waals surface area contributed by atoms with Gasteiger partial charge in [0.05, 0.1) is 19.8 Å². The van der Waals surface area contributed by atoms with E-state index in [4.69, 9.17) is 9.47 Å². The zero-order valence-electron chi connectivity index (χ0n) is 14.6. The summed E-state index contributed by atoms with van der Waals surface area (Å²) in [7, 11) is 3.26. The third-order valence-corrected chi connectivity index (χ3v) is 6.22. The molecule has 132 valence electrons. The molecule has 1 aromatic heterocycles. The van der Waals surface area contributed by atoms with Crippen LogP contribution in [0.4, 0.5) is 5.00 Å². The second kappa shape index (κ2) is 6.26. The van der Waals surface area contributed by atoms with Crippen molar-refractivity contribution in [2.75, 3.05) is 19.5 Å². The van der Waals surface area contributed by atoms with Gasteiger partial charge in [-0.2, -0.15) is 0 Å². The standard InChI is InChI=1S/C19H22N2O3S/c1-10-4-6-12-15(8-10)25-19-16(12)18(22)20-17(21-19)13-9-11(23-2)5-7-14(13)24-3/h5,7,9-10,17,21H,4,6,8H2,1-3H3,(H,20,22)/t10-,17-/m0/s1. The number of amides is 1. The molecule has 1 aliphatic carbocycles. The van der Waals surface area contributed by atoms with Gasteiger partial charge in [-0.05, 0) is 48.9 Å². The van der Waals surface area contributed by atoms with E-state index >= 15 is 0 Å². The largest absolute Gasteiger partial charge is 0.497 e. The van der Waals surface area contributed by atoms with E-state index in [1.165, 1.54) is 10.4 Å². The number of rotatable bonds is 3. The van der Waals surface area contributed by atoms with Crippen molar-refractivity contribution in [2.45, 2.75) is 32.4 Å². The van der Waals surface area contributed by atoms with Crippen LogP contribution in [0.25, 0.3) is 0 Å². The van der Waals surface area contributed by atoms with E-state index in [1.54, 1.807) is 25.6 Å². The number of benzene rings is 1. The molecule has 0 saturated heterocycles. The van der Waals surface area contributed by atoms with Crippen molar-refractivity contribution in [3.8, 4) is 11.5 Å². The first-order valence-corrected chi connectivity index (χ1v) is 9.36. The lowest BCUT2D eigenvalue weighted by Crippen LogP contribution is -2.38. The van der Waals surface area contributed by atoms with Gasteiger partial charge in [0.2, 0.25) is 0 Å². The fourth-order valence-corrected chi connectivity index (χ4v) is 5.12. The maximum Gasteiger partial charge on any atom is 0.256 e.